The molecule has 1 heteroatoms. The molecule has 0 aromatic carbocycles. The van der Waals surface area contributed by atoms with E-state index in [1.165, 1.54) is 25.5 Å². The van der Waals surface area contributed by atoms with E-state index in [1.807, 2.05) is 0 Å². The number of hydrogen-bond donors (Lipinski definition) is 0. The first kappa shape index (κ1) is 9.95. The average molecular weight is 192 g/mol. The van der Waals surface area contributed by atoms with Crippen molar-refractivity contribution < 1.29 is 4.79 Å². The van der Waals surface area contributed by atoms with Gasteiger partial charge in [-0.25, -0.2) is 0 Å². The summed E-state index contributed by atoms with van der Waals surface area (Å²) in [5.74, 6) is 1.88. The molecule has 4 unspecified atom stereocenters. The van der Waals surface area contributed by atoms with E-state index in [4.69, 9.17) is 0 Å². The molecule has 0 radical (unpaired) electrons. The number of rotatable bonds is 4. The Morgan fingerprint density at radius 1 is 1.43 bits per heavy atom. The summed E-state index contributed by atoms with van der Waals surface area (Å²) in [5.41, 5.74) is -0.00454. The van der Waals surface area contributed by atoms with Crippen LogP contribution in [0.3, 0.4) is 0 Å². The van der Waals surface area contributed by atoms with Gasteiger partial charge < -0.3 is 4.79 Å². The lowest BCUT2D eigenvalue weighted by Crippen LogP contribution is -2.35. The van der Waals surface area contributed by atoms with Gasteiger partial charge in [0.15, 0.2) is 0 Å². The van der Waals surface area contributed by atoms with Gasteiger partial charge in [0.2, 0.25) is 0 Å². The standard InChI is InChI=1S/C13H20O/c1-3-5-12-10-6-7-11(8-10)13(12,4-2)9-14/h6-7,9-12H,3-5,8H2,1-2H3. The van der Waals surface area contributed by atoms with Crippen LogP contribution in [0.1, 0.15) is 39.5 Å². The van der Waals surface area contributed by atoms with Crippen LogP contribution in [0.5, 0.6) is 0 Å². The van der Waals surface area contributed by atoms with Crippen LogP contribution < -0.4 is 0 Å². The van der Waals surface area contributed by atoms with Gasteiger partial charge >= 0.3 is 0 Å². The fourth-order valence-electron chi connectivity index (χ4n) is 3.67. The van der Waals surface area contributed by atoms with Crippen LogP contribution in [0.25, 0.3) is 0 Å². The fraction of sp³-hybridized carbons (Fsp3) is 0.769. The van der Waals surface area contributed by atoms with Crippen molar-refractivity contribution in [1.82, 2.24) is 0 Å². The van der Waals surface area contributed by atoms with Crippen molar-refractivity contribution in [2.75, 3.05) is 0 Å². The lowest BCUT2D eigenvalue weighted by atomic mass is 9.66. The molecule has 0 heterocycles. The summed E-state index contributed by atoms with van der Waals surface area (Å²) >= 11 is 0. The van der Waals surface area contributed by atoms with Gasteiger partial charge in [-0.05, 0) is 37.0 Å². The molecule has 1 saturated carbocycles. The first-order valence-corrected chi connectivity index (χ1v) is 5.93. The van der Waals surface area contributed by atoms with Crippen molar-refractivity contribution >= 4 is 6.29 Å². The molecule has 0 N–H and O–H groups in total. The van der Waals surface area contributed by atoms with Gasteiger partial charge in [0.25, 0.3) is 0 Å². The third kappa shape index (κ3) is 1.11. The Morgan fingerprint density at radius 3 is 2.79 bits per heavy atom. The van der Waals surface area contributed by atoms with Gasteiger partial charge in [-0.1, -0.05) is 32.4 Å². The maximum Gasteiger partial charge on any atom is 0.127 e. The van der Waals surface area contributed by atoms with Crippen LogP contribution in [0.15, 0.2) is 12.2 Å². The zero-order chi connectivity index (χ0) is 10.2. The molecule has 2 bridgehead atoms. The minimum absolute atomic E-state index is 0.00454. The highest BCUT2D eigenvalue weighted by Gasteiger charge is 2.54. The van der Waals surface area contributed by atoms with E-state index in [2.05, 4.69) is 26.0 Å². The van der Waals surface area contributed by atoms with Crippen LogP contribution in [0, 0.1) is 23.2 Å². The molecule has 2 rings (SSSR count). The smallest absolute Gasteiger partial charge is 0.127 e. The zero-order valence-electron chi connectivity index (χ0n) is 9.20. The SMILES string of the molecule is CCCC1C2C=CC(C2)C1(C=O)CC. The molecule has 14 heavy (non-hydrogen) atoms. The summed E-state index contributed by atoms with van der Waals surface area (Å²) in [7, 11) is 0. The van der Waals surface area contributed by atoms with Crippen molar-refractivity contribution in [2.24, 2.45) is 23.2 Å². The van der Waals surface area contributed by atoms with E-state index in [-0.39, 0.29) is 5.41 Å². The predicted molar refractivity (Wildman–Crippen MR) is 57.9 cm³/mol. The highest BCUT2D eigenvalue weighted by atomic mass is 16.1. The Labute approximate surface area is 86.6 Å². The van der Waals surface area contributed by atoms with Crippen molar-refractivity contribution in [3.05, 3.63) is 12.2 Å². The molecule has 1 fully saturated rings. The predicted octanol–water partition coefficient (Wildman–Crippen LogP) is 3.20. The summed E-state index contributed by atoms with van der Waals surface area (Å²) in [6, 6.07) is 0. The van der Waals surface area contributed by atoms with Crippen LogP contribution in [-0.2, 0) is 4.79 Å². The van der Waals surface area contributed by atoms with Gasteiger partial charge in [-0.3, -0.25) is 0 Å². The number of allylic oxidation sites excluding steroid dienone is 2. The molecule has 0 spiro atoms. The Kier molecular flexibility index (Phi) is 2.50. The van der Waals surface area contributed by atoms with E-state index in [9.17, 15) is 4.79 Å². The Bertz CT molecular complexity index is 256. The molecule has 2 aliphatic rings. The third-order valence-corrected chi connectivity index (χ3v) is 4.45. The molecule has 2 aliphatic carbocycles. The van der Waals surface area contributed by atoms with E-state index >= 15 is 0 Å². The molecule has 1 nitrogen and oxygen atoms in total. The fourth-order valence-corrected chi connectivity index (χ4v) is 3.67. The van der Waals surface area contributed by atoms with Crippen molar-refractivity contribution in [1.29, 1.82) is 0 Å². The van der Waals surface area contributed by atoms with Crippen LogP contribution >= 0.6 is 0 Å². The average Bonchev–Trinajstić information content (AvgIpc) is 2.78. The molecule has 0 amide bonds. The lowest BCUT2D eigenvalue weighted by molar-refractivity contribution is -0.120. The van der Waals surface area contributed by atoms with E-state index in [1.54, 1.807) is 0 Å². The minimum Gasteiger partial charge on any atom is -0.303 e. The summed E-state index contributed by atoms with van der Waals surface area (Å²) in [6.07, 6.45) is 10.6. The molecule has 0 saturated heterocycles. The Morgan fingerprint density at radius 2 is 2.21 bits per heavy atom. The second-order valence-electron chi connectivity index (χ2n) is 4.87. The number of aldehydes is 1. The summed E-state index contributed by atoms with van der Waals surface area (Å²) < 4.78 is 0. The normalized spacial score (nSPS) is 44.6. The largest absolute Gasteiger partial charge is 0.303 e. The minimum atomic E-state index is -0.00454. The quantitative estimate of drug-likeness (QED) is 0.494. The third-order valence-electron chi connectivity index (χ3n) is 4.45. The maximum atomic E-state index is 11.4. The Balaban J connectivity index is 2.29. The van der Waals surface area contributed by atoms with E-state index in [0.717, 1.165) is 6.42 Å². The molecule has 0 aliphatic heterocycles. The molecular formula is C13H20O. The van der Waals surface area contributed by atoms with Gasteiger partial charge in [0.05, 0.1) is 0 Å². The molecule has 78 valence electrons. The topological polar surface area (TPSA) is 17.1 Å². The molecular weight excluding hydrogens is 172 g/mol. The number of carbonyl (C=O) groups excluding carboxylic acids is 1. The lowest BCUT2D eigenvalue weighted by Gasteiger charge is -2.36. The first-order valence-electron chi connectivity index (χ1n) is 5.93. The van der Waals surface area contributed by atoms with Crippen molar-refractivity contribution in [3.8, 4) is 0 Å². The van der Waals surface area contributed by atoms with E-state index < -0.39 is 0 Å². The Hall–Kier alpha value is -0.590. The first-order chi connectivity index (χ1) is 6.78. The van der Waals surface area contributed by atoms with E-state index in [0.29, 0.717) is 17.8 Å². The highest BCUT2D eigenvalue weighted by Crippen LogP contribution is 2.58. The number of fused-ring (bicyclic) bond motifs is 2. The zero-order valence-corrected chi connectivity index (χ0v) is 9.20. The van der Waals surface area contributed by atoms with Gasteiger partial charge in [0, 0.05) is 5.41 Å². The second-order valence-corrected chi connectivity index (χ2v) is 4.87. The molecule has 4 atom stereocenters. The van der Waals surface area contributed by atoms with Gasteiger partial charge in [-0.15, -0.1) is 0 Å². The highest BCUT2D eigenvalue weighted by molar-refractivity contribution is 5.63. The number of carbonyl (C=O) groups is 1. The van der Waals surface area contributed by atoms with Crippen molar-refractivity contribution in [2.45, 2.75) is 39.5 Å². The van der Waals surface area contributed by atoms with Crippen LogP contribution in [0.4, 0.5) is 0 Å². The van der Waals surface area contributed by atoms with Gasteiger partial charge in [0.1, 0.15) is 6.29 Å². The summed E-state index contributed by atoms with van der Waals surface area (Å²) in [5, 5.41) is 0. The van der Waals surface area contributed by atoms with Crippen molar-refractivity contribution in [3.63, 3.8) is 0 Å². The summed E-state index contributed by atoms with van der Waals surface area (Å²) in [4.78, 5) is 11.4. The molecule has 0 aromatic heterocycles. The monoisotopic (exact) mass is 192 g/mol. The second kappa shape index (κ2) is 3.52. The molecule has 0 aromatic rings. The summed E-state index contributed by atoms with van der Waals surface area (Å²) in [6.45, 7) is 4.40. The maximum absolute atomic E-state index is 11.4. The van der Waals surface area contributed by atoms with Crippen LogP contribution in [-0.4, -0.2) is 6.29 Å². The van der Waals surface area contributed by atoms with Gasteiger partial charge in [-0.2, -0.15) is 0 Å². The van der Waals surface area contributed by atoms with Crippen LogP contribution in [0.2, 0.25) is 0 Å². The number of hydrogen-bond acceptors (Lipinski definition) is 1.